The molecule has 1 saturated carbocycles. The first-order chi connectivity index (χ1) is 7.90. The van der Waals surface area contributed by atoms with Gasteiger partial charge in [0.2, 0.25) is 0 Å². The lowest BCUT2D eigenvalue weighted by atomic mass is 10.0. The van der Waals surface area contributed by atoms with E-state index in [1.807, 2.05) is 11.8 Å². The molecule has 16 heavy (non-hydrogen) atoms. The van der Waals surface area contributed by atoms with Crippen molar-refractivity contribution in [3.63, 3.8) is 0 Å². The average Bonchev–Trinajstić information content (AvgIpc) is 2.85. The first-order valence-corrected chi connectivity index (χ1v) is 7.24. The summed E-state index contributed by atoms with van der Waals surface area (Å²) in [6.07, 6.45) is 5.69. The molecule has 0 radical (unpaired) electrons. The minimum Gasteiger partial charge on any atom is -0.316 e. The minimum atomic E-state index is 0.688. The summed E-state index contributed by atoms with van der Waals surface area (Å²) < 4.78 is 0. The van der Waals surface area contributed by atoms with Crippen molar-refractivity contribution in [2.45, 2.75) is 36.6 Å². The summed E-state index contributed by atoms with van der Waals surface area (Å²) in [5.41, 5.74) is 0. The fourth-order valence-corrected chi connectivity index (χ4v) is 3.68. The molecule has 1 aliphatic rings. The molecule has 1 fully saturated rings. The van der Waals surface area contributed by atoms with Gasteiger partial charge in [0, 0.05) is 16.7 Å². The Morgan fingerprint density at radius 3 is 2.56 bits per heavy atom. The number of hydrogen-bond donors (Lipinski definition) is 1. The predicted molar refractivity (Wildman–Crippen MR) is 72.0 cm³/mol. The minimum absolute atomic E-state index is 0.688. The van der Waals surface area contributed by atoms with E-state index in [4.69, 9.17) is 0 Å². The summed E-state index contributed by atoms with van der Waals surface area (Å²) in [5.74, 6) is 2.10. The molecule has 0 bridgehead atoms. The highest BCUT2D eigenvalue weighted by Gasteiger charge is 2.23. The van der Waals surface area contributed by atoms with Crippen LogP contribution in [-0.2, 0) is 0 Å². The summed E-state index contributed by atoms with van der Waals surface area (Å²) in [6.45, 7) is 0. The third-order valence-corrected chi connectivity index (χ3v) is 4.64. The summed E-state index contributed by atoms with van der Waals surface area (Å²) in [6, 6.07) is 11.4. The monoisotopic (exact) mass is 235 g/mol. The zero-order chi connectivity index (χ0) is 11.2. The van der Waals surface area contributed by atoms with E-state index in [9.17, 15) is 0 Å². The second-order valence-electron chi connectivity index (χ2n) is 4.56. The first kappa shape index (κ1) is 12.0. The molecule has 0 amide bonds. The highest BCUT2D eigenvalue weighted by Crippen LogP contribution is 2.30. The fraction of sp³-hybridized carbons (Fsp3) is 0.571. The average molecular weight is 235 g/mol. The van der Waals surface area contributed by atoms with Gasteiger partial charge in [0.1, 0.15) is 0 Å². The molecule has 1 unspecified atom stereocenters. The number of thioether (sulfide) groups is 1. The number of benzene rings is 1. The molecular weight excluding hydrogens is 214 g/mol. The van der Waals surface area contributed by atoms with Crippen LogP contribution in [0.2, 0.25) is 0 Å². The Morgan fingerprint density at radius 2 is 1.94 bits per heavy atom. The number of hydrogen-bond acceptors (Lipinski definition) is 2. The smallest absolute Gasteiger partial charge is 0.0186 e. The van der Waals surface area contributed by atoms with Crippen LogP contribution in [-0.4, -0.2) is 18.8 Å². The van der Waals surface area contributed by atoms with Crippen LogP contribution in [0.1, 0.15) is 25.7 Å². The van der Waals surface area contributed by atoms with E-state index in [0.717, 1.165) is 5.92 Å². The van der Waals surface area contributed by atoms with Crippen LogP contribution in [0.5, 0.6) is 0 Å². The van der Waals surface area contributed by atoms with Crippen LogP contribution in [0.15, 0.2) is 35.2 Å². The normalized spacial score (nSPS) is 18.8. The Hall–Kier alpha value is -0.470. The lowest BCUT2D eigenvalue weighted by molar-refractivity contribution is 0.410. The van der Waals surface area contributed by atoms with Gasteiger partial charge in [0.25, 0.3) is 0 Å². The fourth-order valence-electron chi connectivity index (χ4n) is 2.52. The lowest BCUT2D eigenvalue weighted by Crippen LogP contribution is -2.34. The second-order valence-corrected chi connectivity index (χ2v) is 5.66. The molecular formula is C14H21NS. The highest BCUT2D eigenvalue weighted by molar-refractivity contribution is 7.99. The topological polar surface area (TPSA) is 12.0 Å². The Bertz CT molecular complexity index is 293. The van der Waals surface area contributed by atoms with Crippen LogP contribution >= 0.6 is 11.8 Å². The summed E-state index contributed by atoms with van der Waals surface area (Å²) in [5, 5.41) is 3.49. The molecule has 0 saturated heterocycles. The zero-order valence-corrected chi connectivity index (χ0v) is 10.8. The van der Waals surface area contributed by atoms with Crippen molar-refractivity contribution >= 4 is 11.8 Å². The van der Waals surface area contributed by atoms with Crippen LogP contribution < -0.4 is 5.32 Å². The van der Waals surface area contributed by atoms with Gasteiger partial charge < -0.3 is 5.32 Å². The maximum atomic E-state index is 3.49. The number of nitrogens with one attached hydrogen (secondary N) is 1. The Kier molecular flexibility index (Phi) is 4.73. The standard InChI is InChI=1S/C14H21NS/c1-15-14(12-7-5-6-8-12)11-16-13-9-3-2-4-10-13/h2-4,9-10,12,14-15H,5-8,11H2,1H3. The third-order valence-electron chi connectivity index (χ3n) is 3.51. The second kappa shape index (κ2) is 6.31. The molecule has 88 valence electrons. The Morgan fingerprint density at radius 1 is 1.25 bits per heavy atom. The first-order valence-electron chi connectivity index (χ1n) is 6.25. The molecule has 1 N–H and O–H groups in total. The molecule has 0 aromatic heterocycles. The van der Waals surface area contributed by atoms with Gasteiger partial charge in [0.15, 0.2) is 0 Å². The van der Waals surface area contributed by atoms with Gasteiger partial charge in [-0.2, -0.15) is 0 Å². The molecule has 1 aromatic carbocycles. The van der Waals surface area contributed by atoms with Crippen LogP contribution in [0, 0.1) is 5.92 Å². The van der Waals surface area contributed by atoms with E-state index in [2.05, 4.69) is 42.7 Å². The van der Waals surface area contributed by atoms with E-state index in [0.29, 0.717) is 6.04 Å². The summed E-state index contributed by atoms with van der Waals surface area (Å²) in [7, 11) is 2.11. The van der Waals surface area contributed by atoms with Crippen molar-refractivity contribution in [2.75, 3.05) is 12.8 Å². The predicted octanol–water partition coefficient (Wildman–Crippen LogP) is 3.56. The van der Waals surface area contributed by atoms with Gasteiger partial charge in [-0.05, 0) is 37.9 Å². The largest absolute Gasteiger partial charge is 0.316 e. The molecule has 1 atom stereocenters. The van der Waals surface area contributed by atoms with Crippen molar-refractivity contribution in [1.82, 2.24) is 5.32 Å². The van der Waals surface area contributed by atoms with Crippen molar-refractivity contribution in [3.8, 4) is 0 Å². The third kappa shape index (κ3) is 3.26. The van der Waals surface area contributed by atoms with E-state index >= 15 is 0 Å². The van der Waals surface area contributed by atoms with Crippen LogP contribution in [0.25, 0.3) is 0 Å². The summed E-state index contributed by atoms with van der Waals surface area (Å²) >= 11 is 1.98. The summed E-state index contributed by atoms with van der Waals surface area (Å²) in [4.78, 5) is 1.39. The zero-order valence-electron chi connectivity index (χ0n) is 9.99. The quantitative estimate of drug-likeness (QED) is 0.783. The molecule has 0 heterocycles. The molecule has 1 aliphatic carbocycles. The van der Waals surface area contributed by atoms with Gasteiger partial charge in [0.05, 0.1) is 0 Å². The molecule has 2 heteroatoms. The van der Waals surface area contributed by atoms with Gasteiger partial charge in [-0.3, -0.25) is 0 Å². The molecule has 0 aliphatic heterocycles. The molecule has 1 nitrogen and oxygen atoms in total. The van der Waals surface area contributed by atoms with E-state index in [1.165, 1.54) is 36.3 Å². The van der Waals surface area contributed by atoms with Crippen molar-refractivity contribution in [3.05, 3.63) is 30.3 Å². The molecule has 1 aromatic rings. The maximum Gasteiger partial charge on any atom is 0.0186 e. The Balaban J connectivity index is 1.83. The van der Waals surface area contributed by atoms with Crippen molar-refractivity contribution in [2.24, 2.45) is 5.92 Å². The SMILES string of the molecule is CNC(CSc1ccccc1)C1CCCC1. The van der Waals surface area contributed by atoms with Gasteiger partial charge in [-0.1, -0.05) is 31.0 Å². The van der Waals surface area contributed by atoms with E-state index in [-0.39, 0.29) is 0 Å². The Labute approximate surface area is 103 Å². The lowest BCUT2D eigenvalue weighted by Gasteiger charge is -2.22. The van der Waals surface area contributed by atoms with Gasteiger partial charge >= 0.3 is 0 Å². The van der Waals surface area contributed by atoms with Crippen molar-refractivity contribution in [1.29, 1.82) is 0 Å². The molecule has 0 spiro atoms. The molecule has 2 rings (SSSR count). The van der Waals surface area contributed by atoms with Crippen LogP contribution in [0.4, 0.5) is 0 Å². The number of rotatable bonds is 5. The van der Waals surface area contributed by atoms with E-state index in [1.54, 1.807) is 0 Å². The van der Waals surface area contributed by atoms with E-state index < -0.39 is 0 Å². The highest BCUT2D eigenvalue weighted by atomic mass is 32.2. The van der Waals surface area contributed by atoms with Crippen molar-refractivity contribution < 1.29 is 0 Å². The van der Waals surface area contributed by atoms with Gasteiger partial charge in [-0.15, -0.1) is 11.8 Å². The maximum absolute atomic E-state index is 3.49. The van der Waals surface area contributed by atoms with Crippen LogP contribution in [0.3, 0.4) is 0 Å². The van der Waals surface area contributed by atoms with Gasteiger partial charge in [-0.25, -0.2) is 0 Å².